The zero-order valence-electron chi connectivity index (χ0n) is 68.3. The molecule has 0 bridgehead atoms. The highest BCUT2D eigenvalue weighted by Gasteiger charge is 2.25. The van der Waals surface area contributed by atoms with Crippen molar-refractivity contribution in [2.75, 3.05) is 0 Å². The van der Waals surface area contributed by atoms with E-state index >= 15 is 0 Å². The van der Waals surface area contributed by atoms with Crippen molar-refractivity contribution in [2.45, 2.75) is 0 Å². The fourth-order valence-corrected chi connectivity index (χ4v) is 20.0. The summed E-state index contributed by atoms with van der Waals surface area (Å²) < 4.78 is 14.7. The number of hydrogen-bond donors (Lipinski definition) is 0. The molecule has 0 atom stereocenters. The topological polar surface area (TPSA) is 68.2 Å². The molecule has 9 aromatic heterocycles. The summed E-state index contributed by atoms with van der Waals surface area (Å²) in [6.07, 6.45) is 11.2. The van der Waals surface area contributed by atoms with Gasteiger partial charge in [0.25, 0.3) is 0 Å². The predicted octanol–water partition coefficient (Wildman–Crippen LogP) is 30.1. The van der Waals surface area contributed by atoms with Crippen LogP contribution in [0.4, 0.5) is 0 Å². The monoisotopic (exact) mass is 1610 g/mol. The van der Waals surface area contributed by atoms with Crippen LogP contribution in [0.3, 0.4) is 0 Å². The van der Waals surface area contributed by atoms with Crippen LogP contribution < -0.4 is 0 Å². The average molecular weight is 1610 g/mol. The molecule has 26 rings (SSSR count). The maximum Gasteiger partial charge on any atom is 0.0541 e. The molecule has 126 heavy (non-hydrogen) atoms. The predicted molar refractivity (Wildman–Crippen MR) is 525 cm³/mol. The van der Waals surface area contributed by atoms with Crippen molar-refractivity contribution in [1.82, 2.24) is 42.4 Å². The van der Waals surface area contributed by atoms with E-state index in [1.165, 1.54) is 131 Å². The molecule has 0 amide bonds. The van der Waals surface area contributed by atoms with Gasteiger partial charge >= 0.3 is 0 Å². The van der Waals surface area contributed by atoms with Crippen LogP contribution in [0.1, 0.15) is 0 Å². The van der Waals surface area contributed by atoms with Crippen LogP contribution >= 0.6 is 0 Å². The number of nitrogens with zero attached hydrogens (tertiary/aromatic N) is 9. The summed E-state index contributed by atoms with van der Waals surface area (Å²) >= 11 is 0. The lowest BCUT2D eigenvalue weighted by atomic mass is 10.0. The summed E-state index contributed by atoms with van der Waals surface area (Å²) in [6.45, 7) is 0. The number of rotatable bonds is 12. The van der Waals surface area contributed by atoms with Gasteiger partial charge in [-0.15, -0.1) is 0 Å². The molecule has 9 heterocycles. The minimum atomic E-state index is 1.07. The SMILES string of the molecule is c1ccc(-c2ccc3c(c2)c2ccccc2n3-c2cc(-n3c4ccccc4c4cc(-c5ccccc5)ccc43)cc(-n3c4ccccc4c4cc(-c5ccccc5)ccc43)c2)cc1.c1ccc2c(c1)c1cc(-c3ccncc3)ccc1n2-c1cc(-n2c3ccccc3c3cc(-c4ccncc4)ccc32)cc(-n2c3ccccc3c3cc(-c4ccncc4)ccc32)c1. The molecule has 0 spiro atoms. The van der Waals surface area contributed by atoms with Crippen molar-refractivity contribution in [3.63, 3.8) is 0 Å². The Balaban J connectivity index is 0.000000137. The van der Waals surface area contributed by atoms with Gasteiger partial charge in [-0.3, -0.25) is 15.0 Å². The van der Waals surface area contributed by atoms with Gasteiger partial charge in [-0.1, -0.05) is 237 Å². The first-order valence-electron chi connectivity index (χ1n) is 42.9. The summed E-state index contributed by atoms with van der Waals surface area (Å²) in [7, 11) is 0. The second-order valence-electron chi connectivity index (χ2n) is 32.7. The third-order valence-electron chi connectivity index (χ3n) is 25.7. The molecule has 0 unspecified atom stereocenters. The zero-order valence-corrected chi connectivity index (χ0v) is 68.3. The fraction of sp³-hybridized carbons (Fsp3) is 0. The van der Waals surface area contributed by atoms with Crippen molar-refractivity contribution in [3.8, 4) is 101 Å². The first-order valence-corrected chi connectivity index (χ1v) is 42.9. The lowest BCUT2D eigenvalue weighted by Gasteiger charge is -2.17. The summed E-state index contributed by atoms with van der Waals surface area (Å²) in [5, 5.41) is 14.6. The number of fused-ring (bicyclic) bond motifs is 18. The second kappa shape index (κ2) is 29.4. The van der Waals surface area contributed by atoms with E-state index in [1.807, 2.05) is 37.2 Å². The average Bonchev–Trinajstić information content (AvgIpc) is 1.46. The standard InChI is InChI=1S/C60H39N3.C57H36N6/c1-4-16-40(17-5-1)43-28-31-58-52(34-43)49-22-10-13-25-55(49)61(58)46-37-47(62-56-26-14-11-23-50(56)53-35-44(29-32-59(53)62)41-18-6-2-7-19-41)39-48(38-46)63-57-27-15-12-24-51(57)54-36-45(30-33-60(54)63)42-20-8-3-9-21-42;1-4-10-52-46(7-1)49-31-40(37-19-25-58-26-20-37)13-16-55(49)61(52)43-34-44(62-53-11-5-2-8-47(53)50-32-41(14-17-56(50)62)38-21-27-59-28-22-38)36-45(35-43)63-54-12-6-3-9-48(54)51-33-42(15-18-57(51)63)39-23-29-60-30-24-39/h1-39H;1-36H. The molecule has 0 radical (unpaired) electrons. The molecule has 26 aromatic rings. The van der Waals surface area contributed by atoms with E-state index in [9.17, 15) is 0 Å². The van der Waals surface area contributed by atoms with Crippen LogP contribution in [-0.2, 0) is 0 Å². The number of benzene rings is 17. The maximum absolute atomic E-state index is 4.28. The van der Waals surface area contributed by atoms with Gasteiger partial charge < -0.3 is 27.4 Å². The smallest absolute Gasteiger partial charge is 0.0541 e. The molecule has 9 heteroatoms. The Kier molecular flexibility index (Phi) is 16.8. The van der Waals surface area contributed by atoms with Crippen LogP contribution in [0.2, 0.25) is 0 Å². The van der Waals surface area contributed by atoms with Crippen molar-refractivity contribution >= 4 is 131 Å². The van der Waals surface area contributed by atoms with E-state index in [1.54, 1.807) is 0 Å². The molecule has 17 aromatic carbocycles. The Bertz CT molecular complexity index is 7460. The van der Waals surface area contributed by atoms with Gasteiger partial charge in [-0.05, 0) is 249 Å². The molecular formula is C117H75N9. The zero-order chi connectivity index (χ0) is 82.9. The molecule has 0 aliphatic heterocycles. The lowest BCUT2D eigenvalue weighted by molar-refractivity contribution is 1.10. The molecule has 0 saturated carbocycles. The van der Waals surface area contributed by atoms with Crippen LogP contribution in [0.5, 0.6) is 0 Å². The van der Waals surface area contributed by atoms with Crippen molar-refractivity contribution in [2.24, 2.45) is 0 Å². The van der Waals surface area contributed by atoms with Crippen molar-refractivity contribution in [3.05, 3.63) is 456 Å². The molecule has 9 nitrogen and oxygen atoms in total. The number of para-hydroxylation sites is 6. The second-order valence-corrected chi connectivity index (χ2v) is 32.7. The van der Waals surface area contributed by atoms with E-state index < -0.39 is 0 Å². The number of pyridine rings is 3. The number of hydrogen-bond acceptors (Lipinski definition) is 3. The molecule has 0 aliphatic carbocycles. The van der Waals surface area contributed by atoms with Crippen LogP contribution in [0.15, 0.2) is 456 Å². The minimum absolute atomic E-state index is 1.07. The third-order valence-corrected chi connectivity index (χ3v) is 25.7. The lowest BCUT2D eigenvalue weighted by Crippen LogP contribution is -2.03. The van der Waals surface area contributed by atoms with Gasteiger partial charge in [-0.25, -0.2) is 0 Å². The minimum Gasteiger partial charge on any atom is -0.309 e. The van der Waals surface area contributed by atoms with Gasteiger partial charge in [0, 0.05) is 102 Å². The molecule has 0 saturated heterocycles. The van der Waals surface area contributed by atoms with Crippen LogP contribution in [0.25, 0.3) is 232 Å². The highest BCUT2D eigenvalue weighted by molar-refractivity contribution is 6.17. The Labute approximate surface area is 725 Å². The Morgan fingerprint density at radius 2 is 0.262 bits per heavy atom. The van der Waals surface area contributed by atoms with Gasteiger partial charge in [-0.2, -0.15) is 0 Å². The maximum atomic E-state index is 4.28. The largest absolute Gasteiger partial charge is 0.309 e. The van der Waals surface area contributed by atoms with Crippen LogP contribution in [-0.4, -0.2) is 42.4 Å². The summed E-state index contributed by atoms with van der Waals surface area (Å²) in [5.74, 6) is 0. The van der Waals surface area contributed by atoms with E-state index in [0.29, 0.717) is 0 Å². The number of aromatic nitrogens is 9. The summed E-state index contributed by atoms with van der Waals surface area (Å²) in [5.41, 5.74) is 34.6. The van der Waals surface area contributed by atoms with Crippen molar-refractivity contribution in [1.29, 1.82) is 0 Å². The van der Waals surface area contributed by atoms with Crippen LogP contribution in [0, 0.1) is 0 Å². The Morgan fingerprint density at radius 1 is 0.111 bits per heavy atom. The van der Waals surface area contributed by atoms with Crippen molar-refractivity contribution < 1.29 is 0 Å². The molecule has 0 N–H and O–H groups in total. The Hall–Kier alpha value is -17.0. The fourth-order valence-electron chi connectivity index (χ4n) is 20.0. The molecule has 0 fully saturated rings. The van der Waals surface area contributed by atoms with Gasteiger partial charge in [0.1, 0.15) is 0 Å². The first kappa shape index (κ1) is 71.9. The first-order chi connectivity index (χ1) is 62.5. The van der Waals surface area contributed by atoms with E-state index in [4.69, 9.17) is 0 Å². The molecular weight excluding hydrogens is 1530 g/mol. The highest BCUT2D eigenvalue weighted by atomic mass is 15.1. The summed E-state index contributed by atoms with van der Waals surface area (Å²) in [4.78, 5) is 12.9. The summed E-state index contributed by atoms with van der Waals surface area (Å²) in [6, 6.07) is 153. The third kappa shape index (κ3) is 11.8. The normalized spacial score (nSPS) is 11.8. The molecule has 588 valence electrons. The van der Waals surface area contributed by atoms with E-state index in [-0.39, 0.29) is 0 Å². The van der Waals surface area contributed by atoms with E-state index in [0.717, 1.165) is 101 Å². The molecule has 0 aliphatic rings. The Morgan fingerprint density at radius 3 is 0.444 bits per heavy atom. The van der Waals surface area contributed by atoms with Gasteiger partial charge in [0.05, 0.1) is 100 Å². The van der Waals surface area contributed by atoms with Gasteiger partial charge in [0.15, 0.2) is 0 Å². The highest BCUT2D eigenvalue weighted by Crippen LogP contribution is 2.46. The van der Waals surface area contributed by atoms with E-state index in [2.05, 4.69) is 461 Å². The quantitative estimate of drug-likeness (QED) is 0.122. The van der Waals surface area contributed by atoms with Gasteiger partial charge in [0.2, 0.25) is 0 Å².